The molecular weight excluding hydrogens is 278 g/mol. The number of phenols is 1. The highest BCUT2D eigenvalue weighted by atomic mass is 16.5. The second-order valence-corrected chi connectivity index (χ2v) is 5.99. The fourth-order valence-corrected chi connectivity index (χ4v) is 3.92. The second-order valence-electron chi connectivity index (χ2n) is 5.99. The maximum absolute atomic E-state index is 9.93. The highest BCUT2D eigenvalue weighted by molar-refractivity contribution is 5.83. The lowest BCUT2D eigenvalue weighted by Crippen LogP contribution is -2.87. The van der Waals surface area contributed by atoms with E-state index in [0.29, 0.717) is 6.04 Å². The molecular formula is C18H20NO3+. The molecule has 0 aromatic heterocycles. The van der Waals surface area contributed by atoms with Crippen LogP contribution < -0.4 is 14.8 Å². The zero-order valence-electron chi connectivity index (χ0n) is 12.8. The predicted octanol–water partition coefficient (Wildman–Crippen LogP) is 1.79. The van der Waals surface area contributed by atoms with Crippen LogP contribution in [0.2, 0.25) is 0 Å². The number of methoxy groups -OCH3 is 2. The summed E-state index contributed by atoms with van der Waals surface area (Å²) in [5, 5.41) is 12.3. The van der Waals surface area contributed by atoms with Gasteiger partial charge in [0.15, 0.2) is 11.5 Å². The van der Waals surface area contributed by atoms with Crippen molar-refractivity contribution in [1.82, 2.24) is 0 Å². The Hall–Kier alpha value is -2.20. The summed E-state index contributed by atoms with van der Waals surface area (Å²) >= 11 is 0. The number of fused-ring (bicyclic) bond motifs is 2. The summed E-state index contributed by atoms with van der Waals surface area (Å²) in [6.07, 6.45) is 2.03. The molecule has 1 unspecified atom stereocenters. The third-order valence-electron chi connectivity index (χ3n) is 4.83. The molecule has 1 atom stereocenters. The predicted molar refractivity (Wildman–Crippen MR) is 83.6 cm³/mol. The molecule has 22 heavy (non-hydrogen) atoms. The summed E-state index contributed by atoms with van der Waals surface area (Å²) in [5.74, 6) is 1.83. The Bertz CT molecular complexity index is 754. The molecule has 0 saturated carbocycles. The number of hydrogen-bond acceptors (Lipinski definition) is 3. The maximum Gasteiger partial charge on any atom is 0.169 e. The smallest absolute Gasteiger partial charge is 0.169 e. The third-order valence-corrected chi connectivity index (χ3v) is 4.83. The lowest BCUT2D eigenvalue weighted by atomic mass is 9.77. The van der Waals surface area contributed by atoms with Crippen LogP contribution in [0.3, 0.4) is 0 Å². The van der Waals surface area contributed by atoms with Gasteiger partial charge in [0.05, 0.1) is 20.8 Å². The first-order chi connectivity index (χ1) is 10.7. The minimum Gasteiger partial charge on any atom is -0.508 e. The van der Waals surface area contributed by atoms with Gasteiger partial charge in [0, 0.05) is 24.0 Å². The number of aromatic hydroxyl groups is 1. The molecule has 0 amide bonds. The van der Waals surface area contributed by atoms with Gasteiger partial charge in [0.2, 0.25) is 0 Å². The number of rotatable bonds is 2. The Morgan fingerprint density at radius 1 is 1.14 bits per heavy atom. The lowest BCUT2D eigenvalue weighted by molar-refractivity contribution is -0.698. The van der Waals surface area contributed by atoms with Crippen molar-refractivity contribution < 1.29 is 19.9 Å². The van der Waals surface area contributed by atoms with Crippen LogP contribution in [0.15, 0.2) is 24.3 Å². The van der Waals surface area contributed by atoms with Crippen LogP contribution >= 0.6 is 0 Å². The van der Waals surface area contributed by atoms with Crippen LogP contribution in [0.4, 0.5) is 0 Å². The SMILES string of the molecule is COc1cc2c3c(c1OC)-c1cc(O)ccc1CC3[NH2+]CC2. The van der Waals surface area contributed by atoms with E-state index < -0.39 is 0 Å². The number of benzene rings is 2. The molecule has 0 bridgehead atoms. The normalized spacial score (nSPS) is 18.4. The van der Waals surface area contributed by atoms with Gasteiger partial charge >= 0.3 is 0 Å². The van der Waals surface area contributed by atoms with Gasteiger partial charge < -0.3 is 19.9 Å². The Labute approximate surface area is 129 Å². The highest BCUT2D eigenvalue weighted by Gasteiger charge is 2.36. The van der Waals surface area contributed by atoms with E-state index in [4.69, 9.17) is 9.47 Å². The van der Waals surface area contributed by atoms with E-state index in [1.54, 1.807) is 20.3 Å². The Balaban J connectivity index is 2.09. The molecule has 4 rings (SSSR count). The zero-order chi connectivity index (χ0) is 15.3. The summed E-state index contributed by atoms with van der Waals surface area (Å²) in [4.78, 5) is 0. The van der Waals surface area contributed by atoms with Gasteiger partial charge in [-0.3, -0.25) is 0 Å². The van der Waals surface area contributed by atoms with E-state index in [0.717, 1.165) is 42.0 Å². The number of quaternary nitrogens is 1. The van der Waals surface area contributed by atoms with Crippen LogP contribution in [-0.4, -0.2) is 25.9 Å². The van der Waals surface area contributed by atoms with Crippen molar-refractivity contribution in [2.45, 2.75) is 18.9 Å². The average molecular weight is 298 g/mol. The maximum atomic E-state index is 9.93. The summed E-state index contributed by atoms with van der Waals surface area (Å²) in [5.41, 5.74) is 6.11. The van der Waals surface area contributed by atoms with E-state index in [1.807, 2.05) is 12.1 Å². The van der Waals surface area contributed by atoms with Gasteiger partial charge in [-0.2, -0.15) is 0 Å². The molecule has 0 fully saturated rings. The molecule has 0 spiro atoms. The topological polar surface area (TPSA) is 55.3 Å². The molecule has 4 nitrogen and oxygen atoms in total. The summed E-state index contributed by atoms with van der Waals surface area (Å²) in [6.45, 7) is 1.10. The van der Waals surface area contributed by atoms with Crippen molar-refractivity contribution in [1.29, 1.82) is 0 Å². The van der Waals surface area contributed by atoms with Gasteiger partial charge in [-0.15, -0.1) is 0 Å². The molecule has 1 aliphatic carbocycles. The molecule has 3 N–H and O–H groups in total. The fraction of sp³-hybridized carbons (Fsp3) is 0.333. The van der Waals surface area contributed by atoms with E-state index in [2.05, 4.69) is 11.4 Å². The van der Waals surface area contributed by atoms with Gasteiger partial charge in [0.1, 0.15) is 11.8 Å². The molecule has 114 valence electrons. The van der Waals surface area contributed by atoms with Crippen molar-refractivity contribution in [3.63, 3.8) is 0 Å². The minimum absolute atomic E-state index is 0.288. The molecule has 1 aliphatic heterocycles. The number of ether oxygens (including phenoxy) is 2. The van der Waals surface area contributed by atoms with E-state index in [-0.39, 0.29) is 5.75 Å². The van der Waals surface area contributed by atoms with Gasteiger partial charge in [-0.25, -0.2) is 0 Å². The average Bonchev–Trinajstić information content (AvgIpc) is 2.55. The van der Waals surface area contributed by atoms with E-state index >= 15 is 0 Å². The minimum atomic E-state index is 0.288. The van der Waals surface area contributed by atoms with Crippen molar-refractivity contribution in [3.05, 3.63) is 41.0 Å². The zero-order valence-corrected chi connectivity index (χ0v) is 12.8. The Morgan fingerprint density at radius 2 is 2.00 bits per heavy atom. The van der Waals surface area contributed by atoms with Gasteiger partial charge in [-0.1, -0.05) is 6.07 Å². The number of hydrogen-bond donors (Lipinski definition) is 2. The number of phenolic OH excluding ortho intramolecular Hbond substituents is 1. The van der Waals surface area contributed by atoms with E-state index in [1.165, 1.54) is 16.7 Å². The largest absolute Gasteiger partial charge is 0.508 e. The molecule has 2 aromatic carbocycles. The standard InChI is InChI=1S/C18H19NO3/c1-21-15-8-11-5-6-19-14-7-10-3-4-12(20)9-13(10)17(16(11)14)18(15)22-2/h3-4,8-9,14,19-20H,5-7H2,1-2H3/p+1. The van der Waals surface area contributed by atoms with Gasteiger partial charge in [-0.05, 0) is 34.9 Å². The molecule has 2 aromatic rings. The Morgan fingerprint density at radius 3 is 2.77 bits per heavy atom. The molecule has 4 heteroatoms. The monoisotopic (exact) mass is 298 g/mol. The number of nitrogens with two attached hydrogens (primary N) is 1. The fourth-order valence-electron chi connectivity index (χ4n) is 3.92. The first-order valence-electron chi connectivity index (χ1n) is 7.66. The van der Waals surface area contributed by atoms with Crippen molar-refractivity contribution in [2.24, 2.45) is 0 Å². The molecule has 0 radical (unpaired) electrons. The molecule has 1 heterocycles. The lowest BCUT2D eigenvalue weighted by Gasteiger charge is -2.33. The van der Waals surface area contributed by atoms with Crippen LogP contribution in [-0.2, 0) is 12.8 Å². The van der Waals surface area contributed by atoms with Crippen molar-refractivity contribution in [2.75, 3.05) is 20.8 Å². The van der Waals surface area contributed by atoms with Crippen LogP contribution in [0.5, 0.6) is 17.2 Å². The summed E-state index contributed by atoms with van der Waals surface area (Å²) in [7, 11) is 3.36. The summed E-state index contributed by atoms with van der Waals surface area (Å²) < 4.78 is 11.2. The van der Waals surface area contributed by atoms with Crippen LogP contribution in [0.25, 0.3) is 11.1 Å². The molecule has 2 aliphatic rings. The van der Waals surface area contributed by atoms with Gasteiger partial charge in [0.25, 0.3) is 0 Å². The summed E-state index contributed by atoms with van der Waals surface area (Å²) in [6, 6.07) is 8.17. The quantitative estimate of drug-likeness (QED) is 0.889. The van der Waals surface area contributed by atoms with Crippen LogP contribution in [0, 0.1) is 0 Å². The highest BCUT2D eigenvalue weighted by Crippen LogP contribution is 2.50. The molecule has 0 saturated heterocycles. The first kappa shape index (κ1) is 13.5. The Kier molecular flexibility index (Phi) is 3.01. The second kappa shape index (κ2) is 4.92. The van der Waals surface area contributed by atoms with E-state index in [9.17, 15) is 5.11 Å². The third kappa shape index (κ3) is 1.80. The van der Waals surface area contributed by atoms with Crippen molar-refractivity contribution >= 4 is 0 Å². The van der Waals surface area contributed by atoms with Crippen LogP contribution in [0.1, 0.15) is 22.7 Å². The van der Waals surface area contributed by atoms with Crippen molar-refractivity contribution in [3.8, 4) is 28.4 Å². The first-order valence-corrected chi connectivity index (χ1v) is 7.66.